The summed E-state index contributed by atoms with van der Waals surface area (Å²) < 4.78 is 4.99. The largest absolute Gasteiger partial charge is 0.381 e. The van der Waals surface area contributed by atoms with E-state index in [1.54, 1.807) is 7.11 Å². The van der Waals surface area contributed by atoms with Gasteiger partial charge in [-0.3, -0.25) is 0 Å². The van der Waals surface area contributed by atoms with Crippen molar-refractivity contribution in [3.63, 3.8) is 0 Å². The van der Waals surface area contributed by atoms with Gasteiger partial charge in [-0.1, -0.05) is 20.3 Å². The van der Waals surface area contributed by atoms with Gasteiger partial charge in [0, 0.05) is 7.11 Å². The molecule has 0 aromatic heterocycles. The van der Waals surface area contributed by atoms with Crippen LogP contribution in [-0.4, -0.2) is 13.2 Å². The Morgan fingerprint density at radius 2 is 2.12 bits per heavy atom. The molecule has 0 amide bonds. The molecule has 2 unspecified atom stereocenters. The van der Waals surface area contributed by atoms with Crippen LogP contribution in [0.1, 0.15) is 20.3 Å². The van der Waals surface area contributed by atoms with Gasteiger partial charge in [0.15, 0.2) is 0 Å². The first-order valence-corrected chi connectivity index (χ1v) is 3.08. The molecule has 0 saturated carbocycles. The lowest BCUT2D eigenvalue weighted by molar-refractivity contribution is 0.0927. The SMILES string of the molecule is [CH2]C(OC)C(C)CC. The lowest BCUT2D eigenvalue weighted by Crippen LogP contribution is -2.15. The highest BCUT2D eigenvalue weighted by atomic mass is 16.5. The van der Waals surface area contributed by atoms with Crippen LogP contribution >= 0.6 is 0 Å². The van der Waals surface area contributed by atoms with Crippen molar-refractivity contribution in [3.05, 3.63) is 6.92 Å². The van der Waals surface area contributed by atoms with Crippen LogP contribution in [0.3, 0.4) is 0 Å². The van der Waals surface area contributed by atoms with Gasteiger partial charge in [-0.15, -0.1) is 0 Å². The van der Waals surface area contributed by atoms with E-state index in [4.69, 9.17) is 4.74 Å². The minimum Gasteiger partial charge on any atom is -0.381 e. The van der Waals surface area contributed by atoms with Gasteiger partial charge in [-0.25, -0.2) is 0 Å². The zero-order chi connectivity index (χ0) is 6.57. The van der Waals surface area contributed by atoms with Crippen molar-refractivity contribution in [1.82, 2.24) is 0 Å². The van der Waals surface area contributed by atoms with Crippen molar-refractivity contribution < 1.29 is 4.74 Å². The summed E-state index contributed by atoms with van der Waals surface area (Å²) in [5.74, 6) is 0.583. The Hall–Kier alpha value is -0.0400. The molecule has 0 heterocycles. The topological polar surface area (TPSA) is 9.23 Å². The number of rotatable bonds is 3. The van der Waals surface area contributed by atoms with Crippen LogP contribution in [0.2, 0.25) is 0 Å². The zero-order valence-corrected chi connectivity index (χ0v) is 5.98. The molecule has 49 valence electrons. The maximum absolute atomic E-state index is 4.99. The molecule has 0 aliphatic heterocycles. The first kappa shape index (κ1) is 7.96. The molecule has 1 heteroatoms. The van der Waals surface area contributed by atoms with E-state index in [0.717, 1.165) is 6.42 Å². The zero-order valence-electron chi connectivity index (χ0n) is 5.98. The van der Waals surface area contributed by atoms with Crippen LogP contribution in [0.15, 0.2) is 0 Å². The predicted octanol–water partition coefficient (Wildman–Crippen LogP) is 1.88. The first-order valence-electron chi connectivity index (χ1n) is 3.08. The Kier molecular flexibility index (Phi) is 3.88. The molecule has 1 radical (unpaired) electrons. The van der Waals surface area contributed by atoms with E-state index in [2.05, 4.69) is 20.8 Å². The van der Waals surface area contributed by atoms with E-state index in [-0.39, 0.29) is 6.10 Å². The van der Waals surface area contributed by atoms with Crippen LogP contribution in [0.25, 0.3) is 0 Å². The monoisotopic (exact) mass is 115 g/mol. The fourth-order valence-corrected chi connectivity index (χ4v) is 0.495. The Morgan fingerprint density at radius 1 is 1.62 bits per heavy atom. The van der Waals surface area contributed by atoms with Crippen LogP contribution in [-0.2, 0) is 4.74 Å². The van der Waals surface area contributed by atoms with Gasteiger partial charge in [0.2, 0.25) is 0 Å². The van der Waals surface area contributed by atoms with Crippen molar-refractivity contribution in [1.29, 1.82) is 0 Å². The molecule has 0 N–H and O–H groups in total. The molecule has 2 atom stereocenters. The molecule has 0 fully saturated rings. The van der Waals surface area contributed by atoms with Gasteiger partial charge in [-0.05, 0) is 12.8 Å². The van der Waals surface area contributed by atoms with Crippen LogP contribution in [0.5, 0.6) is 0 Å². The molecule has 0 rings (SSSR count). The highest BCUT2D eigenvalue weighted by molar-refractivity contribution is 4.65. The third kappa shape index (κ3) is 2.31. The van der Waals surface area contributed by atoms with Crippen molar-refractivity contribution >= 4 is 0 Å². The van der Waals surface area contributed by atoms with E-state index in [1.807, 2.05) is 0 Å². The quantitative estimate of drug-likeness (QED) is 0.545. The molecular formula is C7H15O. The lowest BCUT2D eigenvalue weighted by Gasteiger charge is -2.15. The number of ether oxygens (including phenoxy) is 1. The van der Waals surface area contributed by atoms with Crippen LogP contribution < -0.4 is 0 Å². The molecule has 0 aliphatic rings. The van der Waals surface area contributed by atoms with Crippen molar-refractivity contribution in [2.24, 2.45) is 5.92 Å². The van der Waals surface area contributed by atoms with Gasteiger partial charge >= 0.3 is 0 Å². The Morgan fingerprint density at radius 3 is 2.25 bits per heavy atom. The van der Waals surface area contributed by atoms with Gasteiger partial charge in [0.1, 0.15) is 0 Å². The fraction of sp³-hybridized carbons (Fsp3) is 0.857. The molecule has 0 saturated heterocycles. The Labute approximate surface area is 52.0 Å². The van der Waals surface area contributed by atoms with Crippen LogP contribution in [0.4, 0.5) is 0 Å². The molecule has 1 nitrogen and oxygen atoms in total. The highest BCUT2D eigenvalue weighted by Crippen LogP contribution is 2.08. The second-order valence-corrected chi connectivity index (χ2v) is 2.16. The molecule has 0 aromatic rings. The smallest absolute Gasteiger partial charge is 0.0597 e. The maximum atomic E-state index is 4.99. The normalized spacial score (nSPS) is 18.0. The van der Waals surface area contributed by atoms with Gasteiger partial charge in [0.05, 0.1) is 6.10 Å². The van der Waals surface area contributed by atoms with Crippen LogP contribution in [0, 0.1) is 12.8 Å². The highest BCUT2D eigenvalue weighted by Gasteiger charge is 2.06. The summed E-state index contributed by atoms with van der Waals surface area (Å²) in [5.41, 5.74) is 0. The molecule has 8 heavy (non-hydrogen) atoms. The van der Waals surface area contributed by atoms with Crippen molar-refractivity contribution in [2.45, 2.75) is 26.4 Å². The van der Waals surface area contributed by atoms with Crippen molar-refractivity contribution in [2.75, 3.05) is 7.11 Å². The summed E-state index contributed by atoms with van der Waals surface area (Å²) in [6.07, 6.45) is 1.31. The standard InChI is InChI=1S/C7H15O/c1-5-6(2)7(3)8-4/h6-7H,3,5H2,1-2,4H3. The van der Waals surface area contributed by atoms with E-state index in [1.165, 1.54) is 0 Å². The third-order valence-corrected chi connectivity index (χ3v) is 1.58. The van der Waals surface area contributed by atoms with E-state index >= 15 is 0 Å². The average Bonchev–Trinajstić information content (AvgIpc) is 1.84. The summed E-state index contributed by atoms with van der Waals surface area (Å²) >= 11 is 0. The summed E-state index contributed by atoms with van der Waals surface area (Å²) in [6, 6.07) is 0. The summed E-state index contributed by atoms with van der Waals surface area (Å²) in [7, 11) is 1.70. The first-order chi connectivity index (χ1) is 3.72. The molecule has 0 spiro atoms. The second kappa shape index (κ2) is 3.90. The van der Waals surface area contributed by atoms with E-state index in [9.17, 15) is 0 Å². The van der Waals surface area contributed by atoms with E-state index in [0.29, 0.717) is 5.92 Å². The summed E-state index contributed by atoms with van der Waals surface area (Å²) in [4.78, 5) is 0. The fourth-order valence-electron chi connectivity index (χ4n) is 0.495. The molecule has 0 aliphatic carbocycles. The minimum absolute atomic E-state index is 0.167. The Bertz CT molecular complexity index is 44.3. The third-order valence-electron chi connectivity index (χ3n) is 1.58. The molecular weight excluding hydrogens is 100 g/mol. The number of hydrogen-bond donors (Lipinski definition) is 0. The second-order valence-electron chi connectivity index (χ2n) is 2.16. The van der Waals surface area contributed by atoms with Gasteiger partial charge in [-0.2, -0.15) is 0 Å². The van der Waals surface area contributed by atoms with Gasteiger partial charge in [0.25, 0.3) is 0 Å². The number of methoxy groups -OCH3 is 1. The molecule has 0 aromatic carbocycles. The number of hydrogen-bond acceptors (Lipinski definition) is 1. The van der Waals surface area contributed by atoms with Crippen molar-refractivity contribution in [3.8, 4) is 0 Å². The maximum Gasteiger partial charge on any atom is 0.0597 e. The average molecular weight is 115 g/mol. The Balaban J connectivity index is 3.29. The van der Waals surface area contributed by atoms with E-state index < -0.39 is 0 Å². The molecule has 0 bridgehead atoms. The lowest BCUT2D eigenvalue weighted by atomic mass is 10.0. The predicted molar refractivity (Wildman–Crippen MR) is 35.6 cm³/mol. The summed E-state index contributed by atoms with van der Waals surface area (Å²) in [6.45, 7) is 8.09. The van der Waals surface area contributed by atoms with Gasteiger partial charge < -0.3 is 4.74 Å². The minimum atomic E-state index is 0.167. The summed E-state index contributed by atoms with van der Waals surface area (Å²) in [5, 5.41) is 0.